The van der Waals surface area contributed by atoms with Crippen LogP contribution in [-0.2, 0) is 10.3 Å². The number of carboxylic acids is 1. The molecule has 1 aromatic carbocycles. The van der Waals surface area contributed by atoms with Gasteiger partial charge >= 0.3 is 5.97 Å². The summed E-state index contributed by atoms with van der Waals surface area (Å²) in [6, 6.07) is 4.87. The number of aliphatic carboxylic acids is 1. The molecule has 1 N–H and O–H groups in total. The largest absolute Gasteiger partial charge is 0.481 e. The standard InChI is InChI=1S/C15H19FN2O2S/c1-4-15(3,5-2)18-11-8-6-7-10(16)13(11)17-14(18)21-9-12(19)20/h6-8H,4-5,9H2,1-3H3,(H,19,20). The van der Waals surface area contributed by atoms with Gasteiger partial charge in [0.1, 0.15) is 5.52 Å². The molecule has 114 valence electrons. The lowest BCUT2D eigenvalue weighted by molar-refractivity contribution is -0.133. The van der Waals surface area contributed by atoms with Crippen LogP contribution in [0, 0.1) is 5.82 Å². The van der Waals surface area contributed by atoms with Gasteiger partial charge in [0.05, 0.1) is 11.3 Å². The van der Waals surface area contributed by atoms with Crippen molar-refractivity contribution >= 4 is 28.8 Å². The van der Waals surface area contributed by atoms with Crippen LogP contribution in [0.5, 0.6) is 0 Å². The smallest absolute Gasteiger partial charge is 0.313 e. The number of fused-ring (bicyclic) bond motifs is 1. The van der Waals surface area contributed by atoms with Crippen LogP contribution in [0.15, 0.2) is 23.4 Å². The lowest BCUT2D eigenvalue weighted by Crippen LogP contribution is -2.29. The Morgan fingerprint density at radius 3 is 2.67 bits per heavy atom. The first-order valence-corrected chi connectivity index (χ1v) is 7.93. The number of halogens is 1. The summed E-state index contributed by atoms with van der Waals surface area (Å²) in [6.45, 7) is 6.23. The van der Waals surface area contributed by atoms with E-state index >= 15 is 0 Å². The fourth-order valence-corrected chi connectivity index (χ4v) is 3.21. The summed E-state index contributed by atoms with van der Waals surface area (Å²) in [5, 5.41) is 9.44. The molecule has 0 aliphatic rings. The van der Waals surface area contributed by atoms with E-state index in [1.165, 1.54) is 6.07 Å². The fourth-order valence-electron chi connectivity index (χ4n) is 2.35. The number of rotatable bonds is 6. The summed E-state index contributed by atoms with van der Waals surface area (Å²) in [7, 11) is 0. The minimum absolute atomic E-state index is 0.0888. The average Bonchev–Trinajstić information content (AvgIpc) is 2.85. The van der Waals surface area contributed by atoms with Gasteiger partial charge in [-0.3, -0.25) is 4.79 Å². The fraction of sp³-hybridized carbons (Fsp3) is 0.467. The van der Waals surface area contributed by atoms with E-state index in [1.807, 2.05) is 10.6 Å². The predicted molar refractivity (Wildman–Crippen MR) is 82.3 cm³/mol. The molecule has 1 aromatic heterocycles. The van der Waals surface area contributed by atoms with Crippen molar-refractivity contribution in [1.29, 1.82) is 0 Å². The zero-order valence-electron chi connectivity index (χ0n) is 12.4. The SMILES string of the molecule is CCC(C)(CC)n1c(SCC(=O)O)nc2c(F)cccc21. The molecule has 4 nitrogen and oxygen atoms in total. The van der Waals surface area contributed by atoms with Gasteiger partial charge in [-0.2, -0.15) is 0 Å². The Morgan fingerprint density at radius 1 is 1.43 bits per heavy atom. The van der Waals surface area contributed by atoms with Crippen molar-refractivity contribution in [2.45, 2.75) is 44.3 Å². The Balaban J connectivity index is 2.65. The number of imidazole rings is 1. The lowest BCUT2D eigenvalue weighted by Gasteiger charge is -2.31. The van der Waals surface area contributed by atoms with Crippen LogP contribution in [0.3, 0.4) is 0 Å². The van der Waals surface area contributed by atoms with Crippen molar-refractivity contribution in [2.24, 2.45) is 0 Å². The number of aromatic nitrogens is 2. The van der Waals surface area contributed by atoms with Crippen molar-refractivity contribution in [1.82, 2.24) is 9.55 Å². The third kappa shape index (κ3) is 2.90. The number of thioether (sulfide) groups is 1. The molecular formula is C15H19FN2O2S. The molecule has 0 fully saturated rings. The van der Waals surface area contributed by atoms with Gasteiger partial charge in [-0.05, 0) is 31.9 Å². The molecule has 1 heterocycles. The van der Waals surface area contributed by atoms with Crippen LogP contribution in [0.4, 0.5) is 4.39 Å². The number of nitrogens with zero attached hydrogens (tertiary/aromatic N) is 2. The van der Waals surface area contributed by atoms with Gasteiger partial charge in [0.2, 0.25) is 0 Å². The lowest BCUT2D eigenvalue weighted by atomic mass is 9.95. The highest BCUT2D eigenvalue weighted by molar-refractivity contribution is 7.99. The van der Waals surface area contributed by atoms with Crippen molar-refractivity contribution < 1.29 is 14.3 Å². The average molecular weight is 310 g/mol. The van der Waals surface area contributed by atoms with Gasteiger partial charge in [0.25, 0.3) is 0 Å². The maximum atomic E-state index is 14.0. The van der Waals surface area contributed by atoms with Crippen molar-refractivity contribution in [3.63, 3.8) is 0 Å². The van der Waals surface area contributed by atoms with E-state index < -0.39 is 5.97 Å². The Kier molecular flexibility index (Phi) is 4.56. The summed E-state index contributed by atoms with van der Waals surface area (Å²) in [5.74, 6) is -1.37. The second-order valence-electron chi connectivity index (χ2n) is 5.22. The second-order valence-corrected chi connectivity index (χ2v) is 6.17. The number of hydrogen-bond donors (Lipinski definition) is 1. The van der Waals surface area contributed by atoms with Gasteiger partial charge in [0, 0.05) is 5.54 Å². The molecule has 2 aromatic rings. The van der Waals surface area contributed by atoms with Crippen LogP contribution < -0.4 is 0 Å². The molecule has 0 bridgehead atoms. The summed E-state index contributed by atoms with van der Waals surface area (Å²) in [6.07, 6.45) is 1.71. The van der Waals surface area contributed by atoms with Gasteiger partial charge in [-0.15, -0.1) is 0 Å². The number of benzene rings is 1. The third-order valence-electron chi connectivity index (χ3n) is 3.99. The van der Waals surface area contributed by atoms with Gasteiger partial charge < -0.3 is 9.67 Å². The van der Waals surface area contributed by atoms with Crippen LogP contribution in [-0.4, -0.2) is 26.4 Å². The molecule has 0 radical (unpaired) electrons. The highest BCUT2D eigenvalue weighted by atomic mass is 32.2. The Labute approximate surface area is 127 Å². The highest BCUT2D eigenvalue weighted by Gasteiger charge is 2.28. The summed E-state index contributed by atoms with van der Waals surface area (Å²) < 4.78 is 16.0. The molecule has 0 aliphatic carbocycles. The monoisotopic (exact) mass is 310 g/mol. The van der Waals surface area contributed by atoms with E-state index in [9.17, 15) is 9.18 Å². The molecule has 6 heteroatoms. The number of hydrogen-bond acceptors (Lipinski definition) is 3. The van der Waals surface area contributed by atoms with Crippen LogP contribution in [0.2, 0.25) is 0 Å². The highest BCUT2D eigenvalue weighted by Crippen LogP contribution is 2.35. The third-order valence-corrected chi connectivity index (χ3v) is 4.92. The van der Waals surface area contributed by atoms with E-state index in [0.717, 1.165) is 24.6 Å². The molecule has 0 spiro atoms. The number of carboxylic acid groups (broad SMARTS) is 1. The Morgan fingerprint density at radius 2 is 2.10 bits per heavy atom. The second kappa shape index (κ2) is 6.05. The van der Waals surface area contributed by atoms with Crippen LogP contribution in [0.1, 0.15) is 33.6 Å². The normalized spacial score (nSPS) is 12.0. The molecule has 21 heavy (non-hydrogen) atoms. The molecule has 0 saturated carbocycles. The molecule has 0 amide bonds. The predicted octanol–water partition coefficient (Wildman–Crippen LogP) is 3.89. The maximum Gasteiger partial charge on any atom is 0.313 e. The van der Waals surface area contributed by atoms with Crippen molar-refractivity contribution in [3.05, 3.63) is 24.0 Å². The minimum Gasteiger partial charge on any atom is -0.481 e. The van der Waals surface area contributed by atoms with Gasteiger partial charge in [-0.1, -0.05) is 31.7 Å². The summed E-state index contributed by atoms with van der Waals surface area (Å²) in [4.78, 5) is 15.2. The molecule has 0 unspecified atom stereocenters. The first-order valence-electron chi connectivity index (χ1n) is 6.95. The zero-order valence-corrected chi connectivity index (χ0v) is 13.2. The molecule has 0 aliphatic heterocycles. The van der Waals surface area contributed by atoms with Crippen LogP contribution in [0.25, 0.3) is 11.0 Å². The molecule has 2 rings (SSSR count). The summed E-state index contributed by atoms with van der Waals surface area (Å²) >= 11 is 1.13. The van der Waals surface area contributed by atoms with Gasteiger partial charge in [-0.25, -0.2) is 9.37 Å². The molecule has 0 atom stereocenters. The van der Waals surface area contributed by atoms with E-state index in [-0.39, 0.29) is 17.1 Å². The molecular weight excluding hydrogens is 291 g/mol. The van der Waals surface area contributed by atoms with Gasteiger partial charge in [0.15, 0.2) is 11.0 Å². The van der Waals surface area contributed by atoms with E-state index in [4.69, 9.17) is 5.11 Å². The Hall–Kier alpha value is -1.56. The number of carbonyl (C=O) groups is 1. The van der Waals surface area contributed by atoms with Crippen molar-refractivity contribution in [3.8, 4) is 0 Å². The summed E-state index contributed by atoms with van der Waals surface area (Å²) in [5.41, 5.74) is 0.802. The van der Waals surface area contributed by atoms with E-state index in [0.29, 0.717) is 16.2 Å². The maximum absolute atomic E-state index is 14.0. The number of para-hydroxylation sites is 1. The minimum atomic E-state index is -0.909. The quantitative estimate of drug-likeness (QED) is 0.823. The van der Waals surface area contributed by atoms with E-state index in [2.05, 4.69) is 25.8 Å². The zero-order chi connectivity index (χ0) is 15.6. The van der Waals surface area contributed by atoms with E-state index in [1.54, 1.807) is 6.07 Å². The van der Waals surface area contributed by atoms with Crippen LogP contribution >= 0.6 is 11.8 Å². The van der Waals surface area contributed by atoms with Crippen molar-refractivity contribution in [2.75, 3.05) is 5.75 Å². The Bertz CT molecular complexity index is 665. The molecule has 0 saturated heterocycles. The first kappa shape index (κ1) is 15.8. The topological polar surface area (TPSA) is 55.1 Å². The first-order chi connectivity index (χ1) is 9.92.